The third-order valence-corrected chi connectivity index (χ3v) is 6.27. The van der Waals surface area contributed by atoms with Crippen LogP contribution in [-0.4, -0.2) is 55.9 Å². The van der Waals surface area contributed by atoms with Crippen LogP contribution in [0.25, 0.3) is 10.9 Å². The van der Waals surface area contributed by atoms with E-state index in [2.05, 4.69) is 36.2 Å². The lowest BCUT2D eigenvalue weighted by Gasteiger charge is -2.33. The first-order valence-corrected chi connectivity index (χ1v) is 11.1. The van der Waals surface area contributed by atoms with Gasteiger partial charge in [-0.2, -0.15) is 0 Å². The van der Waals surface area contributed by atoms with Crippen LogP contribution in [-0.2, 0) is 29.1 Å². The minimum Gasteiger partial charge on any atom is -0.496 e. The Morgan fingerprint density at radius 3 is 2.73 bits per heavy atom. The van der Waals surface area contributed by atoms with Crippen molar-refractivity contribution in [2.45, 2.75) is 58.3 Å². The van der Waals surface area contributed by atoms with Crippen molar-refractivity contribution in [3.8, 4) is 5.75 Å². The number of rotatable bonds is 8. The van der Waals surface area contributed by atoms with Crippen molar-refractivity contribution in [1.82, 2.24) is 9.88 Å². The average Bonchev–Trinajstić information content (AvgIpc) is 3.25. The zero-order valence-corrected chi connectivity index (χ0v) is 18.8. The molecule has 0 spiro atoms. The molecule has 1 aromatic carbocycles. The monoisotopic (exact) mass is 413 g/mol. The summed E-state index contributed by atoms with van der Waals surface area (Å²) < 4.78 is 17.8. The normalized spacial score (nSPS) is 18.5. The fourth-order valence-electron chi connectivity index (χ4n) is 4.63. The van der Waals surface area contributed by atoms with Gasteiger partial charge in [-0.05, 0) is 63.9 Å². The van der Waals surface area contributed by atoms with Crippen molar-refractivity contribution in [1.29, 1.82) is 0 Å². The van der Waals surface area contributed by atoms with E-state index in [1.54, 1.807) is 7.11 Å². The van der Waals surface area contributed by atoms with Gasteiger partial charge in [0.25, 0.3) is 0 Å². The van der Waals surface area contributed by atoms with E-state index in [1.165, 1.54) is 37.1 Å². The molecule has 2 aromatic rings. The second kappa shape index (κ2) is 9.08. The van der Waals surface area contributed by atoms with E-state index in [0.29, 0.717) is 13.2 Å². The number of hydrogen-bond donors (Lipinski definition) is 1. The first kappa shape index (κ1) is 21.3. The van der Waals surface area contributed by atoms with Crippen LogP contribution in [0.5, 0.6) is 5.75 Å². The van der Waals surface area contributed by atoms with Crippen molar-refractivity contribution in [2.75, 3.05) is 45.7 Å². The van der Waals surface area contributed by atoms with E-state index in [9.17, 15) is 0 Å². The highest BCUT2D eigenvalue weighted by atomic mass is 16.5. The zero-order valence-electron chi connectivity index (χ0n) is 18.8. The highest BCUT2D eigenvalue weighted by molar-refractivity contribution is 5.88. The second-order valence-corrected chi connectivity index (χ2v) is 9.03. The Morgan fingerprint density at radius 1 is 1.20 bits per heavy atom. The third kappa shape index (κ3) is 4.56. The van der Waals surface area contributed by atoms with E-state index in [4.69, 9.17) is 19.2 Å². The molecule has 0 atom stereocenters. The average molecular weight is 414 g/mol. The first-order valence-electron chi connectivity index (χ1n) is 11.1. The van der Waals surface area contributed by atoms with Crippen molar-refractivity contribution >= 4 is 16.7 Å². The van der Waals surface area contributed by atoms with Gasteiger partial charge in [0, 0.05) is 43.1 Å². The first-order chi connectivity index (χ1) is 14.5. The predicted molar refractivity (Wildman–Crippen MR) is 120 cm³/mol. The molecule has 1 N–H and O–H groups in total. The molecule has 0 amide bonds. The van der Waals surface area contributed by atoms with Crippen LogP contribution in [0, 0.1) is 0 Å². The van der Waals surface area contributed by atoms with E-state index in [0.717, 1.165) is 54.0 Å². The summed E-state index contributed by atoms with van der Waals surface area (Å²) in [5, 5.41) is 4.39. The lowest BCUT2D eigenvalue weighted by Crippen LogP contribution is -2.32. The summed E-state index contributed by atoms with van der Waals surface area (Å²) in [6, 6.07) is 4.21. The van der Waals surface area contributed by atoms with Gasteiger partial charge in [-0.25, -0.2) is 4.98 Å². The lowest BCUT2D eigenvalue weighted by atomic mass is 9.89. The summed E-state index contributed by atoms with van der Waals surface area (Å²) in [5.74, 6) is 1.80. The number of methoxy groups -OCH3 is 1. The number of aromatic nitrogens is 1. The number of pyridine rings is 1. The molecule has 0 saturated carbocycles. The summed E-state index contributed by atoms with van der Waals surface area (Å²) >= 11 is 0. The van der Waals surface area contributed by atoms with Crippen molar-refractivity contribution in [3.63, 3.8) is 0 Å². The SMILES string of the molecule is CNc1nc2cc(COCCCN3CCCC3)c(OC)cc2c2c1CC(C)(C)OC2. The zero-order chi connectivity index (χ0) is 21.1. The fraction of sp³-hybridized carbons (Fsp3) is 0.625. The minimum absolute atomic E-state index is 0.180. The summed E-state index contributed by atoms with van der Waals surface area (Å²) in [6.45, 7) is 9.76. The van der Waals surface area contributed by atoms with Gasteiger partial charge in [-0.15, -0.1) is 0 Å². The van der Waals surface area contributed by atoms with Crippen LogP contribution in [0.2, 0.25) is 0 Å². The van der Waals surface area contributed by atoms with Gasteiger partial charge in [0.2, 0.25) is 0 Å². The highest BCUT2D eigenvalue weighted by Crippen LogP contribution is 2.38. The molecule has 2 aliphatic rings. The number of fused-ring (bicyclic) bond motifs is 3. The molecule has 30 heavy (non-hydrogen) atoms. The lowest BCUT2D eigenvalue weighted by molar-refractivity contribution is -0.0392. The molecule has 4 rings (SSSR count). The Kier molecular flexibility index (Phi) is 6.46. The van der Waals surface area contributed by atoms with Crippen LogP contribution >= 0.6 is 0 Å². The molecule has 6 nitrogen and oxygen atoms in total. The molecule has 0 unspecified atom stereocenters. The molecule has 1 saturated heterocycles. The van der Waals surface area contributed by atoms with E-state index < -0.39 is 0 Å². The van der Waals surface area contributed by atoms with Crippen molar-refractivity contribution in [2.24, 2.45) is 0 Å². The third-order valence-electron chi connectivity index (χ3n) is 6.27. The number of nitrogens with zero attached hydrogens (tertiary/aromatic N) is 2. The van der Waals surface area contributed by atoms with E-state index in [-0.39, 0.29) is 5.60 Å². The van der Waals surface area contributed by atoms with Crippen LogP contribution < -0.4 is 10.1 Å². The number of benzene rings is 1. The molecule has 3 heterocycles. The standard InChI is InChI=1S/C24H35N3O3/c1-24(2)14-19-20(16-30-24)18-13-22(28-4)17(12-21(18)26-23(19)25-3)15-29-11-7-10-27-8-5-6-9-27/h12-13H,5-11,14-16H2,1-4H3,(H,25,26). The van der Waals surface area contributed by atoms with Gasteiger partial charge in [0.15, 0.2) is 0 Å². The van der Waals surface area contributed by atoms with Crippen LogP contribution in [0.15, 0.2) is 12.1 Å². The Balaban J connectivity index is 1.53. The van der Waals surface area contributed by atoms with Gasteiger partial charge >= 0.3 is 0 Å². The second-order valence-electron chi connectivity index (χ2n) is 9.03. The van der Waals surface area contributed by atoms with Crippen molar-refractivity contribution < 1.29 is 14.2 Å². The fourth-order valence-corrected chi connectivity index (χ4v) is 4.63. The molecule has 0 bridgehead atoms. The predicted octanol–water partition coefficient (Wildman–Crippen LogP) is 4.14. The van der Waals surface area contributed by atoms with Gasteiger partial charge in [-0.3, -0.25) is 0 Å². The number of hydrogen-bond acceptors (Lipinski definition) is 6. The molecular weight excluding hydrogens is 378 g/mol. The smallest absolute Gasteiger partial charge is 0.130 e. The summed E-state index contributed by atoms with van der Waals surface area (Å²) in [7, 11) is 3.66. The Labute approximate surface area is 179 Å². The van der Waals surface area contributed by atoms with Crippen LogP contribution in [0.3, 0.4) is 0 Å². The molecule has 164 valence electrons. The molecule has 0 radical (unpaired) electrons. The van der Waals surface area contributed by atoms with E-state index >= 15 is 0 Å². The molecule has 6 heteroatoms. The Bertz CT molecular complexity index is 891. The Morgan fingerprint density at radius 2 is 2.00 bits per heavy atom. The van der Waals surface area contributed by atoms with Gasteiger partial charge in [0.05, 0.1) is 31.4 Å². The molecular formula is C24H35N3O3. The molecule has 1 fully saturated rings. The summed E-state index contributed by atoms with van der Waals surface area (Å²) in [5.41, 5.74) is 4.27. The summed E-state index contributed by atoms with van der Waals surface area (Å²) in [6.07, 6.45) is 4.58. The highest BCUT2D eigenvalue weighted by Gasteiger charge is 2.30. The van der Waals surface area contributed by atoms with Crippen LogP contribution in [0.4, 0.5) is 5.82 Å². The molecule has 2 aliphatic heterocycles. The van der Waals surface area contributed by atoms with Crippen LogP contribution in [0.1, 0.15) is 49.8 Å². The van der Waals surface area contributed by atoms with Crippen molar-refractivity contribution in [3.05, 3.63) is 28.8 Å². The van der Waals surface area contributed by atoms with Gasteiger partial charge in [-0.1, -0.05) is 0 Å². The number of ether oxygens (including phenoxy) is 3. The number of nitrogens with one attached hydrogen (secondary N) is 1. The number of likely N-dealkylation sites (tertiary alicyclic amines) is 1. The quantitative estimate of drug-likeness (QED) is 0.657. The summed E-state index contributed by atoms with van der Waals surface area (Å²) in [4.78, 5) is 7.44. The van der Waals surface area contributed by atoms with Gasteiger partial charge in [0.1, 0.15) is 11.6 Å². The minimum atomic E-state index is -0.180. The molecule has 1 aromatic heterocycles. The van der Waals surface area contributed by atoms with Gasteiger partial charge < -0.3 is 24.4 Å². The maximum Gasteiger partial charge on any atom is 0.130 e. The topological polar surface area (TPSA) is 55.9 Å². The largest absolute Gasteiger partial charge is 0.496 e. The maximum atomic E-state index is 6.11. The Hall–Kier alpha value is -1.89. The van der Waals surface area contributed by atoms with E-state index in [1.807, 2.05) is 7.05 Å². The molecule has 0 aliphatic carbocycles. The number of anilines is 1. The maximum absolute atomic E-state index is 6.11.